The highest BCUT2D eigenvalue weighted by atomic mass is 32.1. The number of hydrogen-bond donors (Lipinski definition) is 1. The molecule has 0 spiro atoms. The van der Waals surface area contributed by atoms with E-state index in [-0.39, 0.29) is 18.1 Å². The molecule has 5 heteroatoms. The molecule has 4 rings (SSSR count). The molecule has 0 aliphatic rings. The average Bonchev–Trinajstić information content (AvgIpc) is 3.28. The molecule has 1 N–H and O–H groups in total. The van der Waals surface area contributed by atoms with E-state index in [1.54, 1.807) is 15.9 Å². The van der Waals surface area contributed by atoms with E-state index in [0.29, 0.717) is 30.0 Å². The lowest BCUT2D eigenvalue weighted by molar-refractivity contribution is 0.267. The van der Waals surface area contributed by atoms with Crippen molar-refractivity contribution in [1.29, 1.82) is 0 Å². The van der Waals surface area contributed by atoms with Crippen LogP contribution in [0.15, 0.2) is 70.8 Å². The van der Waals surface area contributed by atoms with Crippen LogP contribution in [-0.2, 0) is 19.8 Å². The zero-order valence-corrected chi connectivity index (χ0v) is 18.0. The van der Waals surface area contributed by atoms with Gasteiger partial charge in [-0.2, -0.15) is 0 Å². The van der Waals surface area contributed by atoms with E-state index in [9.17, 15) is 9.90 Å². The number of aliphatic hydroxyl groups excluding tert-OH is 1. The average molecular weight is 420 g/mol. The van der Waals surface area contributed by atoms with E-state index in [1.165, 1.54) is 0 Å². The molecule has 0 unspecified atom stereocenters. The Balaban J connectivity index is 1.87. The summed E-state index contributed by atoms with van der Waals surface area (Å²) in [7, 11) is 0. The van der Waals surface area contributed by atoms with E-state index in [1.807, 2.05) is 66.0 Å². The number of benzene rings is 2. The third-order valence-electron chi connectivity index (χ3n) is 5.06. The van der Waals surface area contributed by atoms with Gasteiger partial charge in [-0.1, -0.05) is 50.2 Å². The second-order valence-corrected chi connectivity index (χ2v) is 8.70. The highest BCUT2D eigenvalue weighted by Crippen LogP contribution is 2.36. The van der Waals surface area contributed by atoms with Crippen LogP contribution in [-0.4, -0.2) is 9.67 Å². The van der Waals surface area contributed by atoms with Crippen molar-refractivity contribution in [2.45, 2.75) is 33.6 Å². The first kappa shape index (κ1) is 20.4. The molecule has 2 aromatic carbocycles. The molecule has 0 radical (unpaired) electrons. The van der Waals surface area contributed by atoms with Crippen LogP contribution in [0.2, 0.25) is 0 Å². The molecule has 0 aliphatic carbocycles. The van der Waals surface area contributed by atoms with Gasteiger partial charge < -0.3 is 14.4 Å². The topological polar surface area (TPSA) is 51.5 Å². The van der Waals surface area contributed by atoms with Crippen LogP contribution in [0.25, 0.3) is 21.2 Å². The Kier molecular flexibility index (Phi) is 6.02. The van der Waals surface area contributed by atoms with Crippen molar-refractivity contribution in [3.05, 3.63) is 87.7 Å². The van der Waals surface area contributed by atoms with Crippen LogP contribution >= 0.6 is 11.3 Å². The van der Waals surface area contributed by atoms with Crippen LogP contribution in [0.1, 0.15) is 25.1 Å². The van der Waals surface area contributed by atoms with Gasteiger partial charge in [0.15, 0.2) is 0 Å². The maximum atomic E-state index is 13.3. The van der Waals surface area contributed by atoms with Gasteiger partial charge in [-0.3, -0.25) is 4.79 Å². The number of nitrogens with zero attached hydrogens (tertiary/aromatic N) is 1. The van der Waals surface area contributed by atoms with Crippen molar-refractivity contribution in [2.24, 2.45) is 5.92 Å². The number of aromatic nitrogens is 1. The molecule has 154 valence electrons. The van der Waals surface area contributed by atoms with Crippen molar-refractivity contribution in [1.82, 2.24) is 4.57 Å². The fourth-order valence-electron chi connectivity index (χ4n) is 3.72. The first-order valence-corrected chi connectivity index (χ1v) is 11.0. The minimum absolute atomic E-state index is 0.0716. The fourth-order valence-corrected chi connectivity index (χ4v) is 4.53. The molecule has 0 bridgehead atoms. The molecule has 2 heterocycles. The van der Waals surface area contributed by atoms with Gasteiger partial charge in [0.05, 0.1) is 12.3 Å². The van der Waals surface area contributed by atoms with Crippen LogP contribution < -0.4 is 10.3 Å². The molecular formula is C25H25NO3S. The second-order valence-electron chi connectivity index (χ2n) is 7.75. The lowest BCUT2D eigenvalue weighted by atomic mass is 10.0. The van der Waals surface area contributed by atoms with Gasteiger partial charge in [-0.25, -0.2) is 0 Å². The zero-order chi connectivity index (χ0) is 21.1. The van der Waals surface area contributed by atoms with Gasteiger partial charge in [0.2, 0.25) is 0 Å². The SMILES string of the molecule is CC(C)Cn1c(CO)c(-c2cccs2)c2cc(OCc3ccccc3)ccc2c1=O. The van der Waals surface area contributed by atoms with Crippen molar-refractivity contribution in [3.8, 4) is 16.2 Å². The highest BCUT2D eigenvalue weighted by Gasteiger charge is 2.19. The summed E-state index contributed by atoms with van der Waals surface area (Å²) in [5.41, 5.74) is 2.58. The first-order valence-electron chi connectivity index (χ1n) is 10.1. The Labute approximate surface area is 180 Å². The van der Waals surface area contributed by atoms with Gasteiger partial charge in [0.25, 0.3) is 5.56 Å². The van der Waals surface area contributed by atoms with Crippen molar-refractivity contribution in [3.63, 3.8) is 0 Å². The highest BCUT2D eigenvalue weighted by molar-refractivity contribution is 7.13. The summed E-state index contributed by atoms with van der Waals surface area (Å²) in [6, 6.07) is 19.6. The summed E-state index contributed by atoms with van der Waals surface area (Å²) in [6.45, 7) is 4.97. The third kappa shape index (κ3) is 4.04. The Morgan fingerprint density at radius 2 is 1.83 bits per heavy atom. The minimum atomic E-state index is -0.194. The number of thiophene rings is 1. The lowest BCUT2D eigenvalue weighted by Crippen LogP contribution is -2.27. The molecule has 0 amide bonds. The molecule has 4 aromatic rings. The molecular weight excluding hydrogens is 394 g/mol. The van der Waals surface area contributed by atoms with E-state index in [2.05, 4.69) is 13.8 Å². The number of hydrogen-bond acceptors (Lipinski definition) is 4. The standard InChI is InChI=1S/C25H25NO3S/c1-17(2)14-26-22(15-27)24(23-9-6-12-30-23)21-13-19(10-11-20(21)25(26)28)29-16-18-7-4-3-5-8-18/h3-13,17,27H,14-16H2,1-2H3. The molecule has 0 saturated carbocycles. The smallest absolute Gasteiger partial charge is 0.258 e. The Morgan fingerprint density at radius 1 is 1.03 bits per heavy atom. The molecule has 0 fully saturated rings. The van der Waals surface area contributed by atoms with Crippen molar-refractivity contribution >= 4 is 22.1 Å². The van der Waals surface area contributed by atoms with Crippen molar-refractivity contribution < 1.29 is 9.84 Å². The summed E-state index contributed by atoms with van der Waals surface area (Å²) < 4.78 is 7.74. The summed E-state index contributed by atoms with van der Waals surface area (Å²) in [5.74, 6) is 0.990. The van der Waals surface area contributed by atoms with Crippen LogP contribution in [0.3, 0.4) is 0 Å². The number of rotatable bonds is 7. The minimum Gasteiger partial charge on any atom is -0.489 e. The largest absolute Gasteiger partial charge is 0.489 e. The molecule has 0 atom stereocenters. The van der Waals surface area contributed by atoms with Crippen LogP contribution in [0, 0.1) is 5.92 Å². The van der Waals surface area contributed by atoms with Gasteiger partial charge in [-0.05, 0) is 41.1 Å². The second kappa shape index (κ2) is 8.86. The van der Waals surface area contributed by atoms with E-state index < -0.39 is 0 Å². The van der Waals surface area contributed by atoms with Crippen LogP contribution in [0.4, 0.5) is 0 Å². The number of fused-ring (bicyclic) bond motifs is 1. The van der Waals surface area contributed by atoms with E-state index in [0.717, 1.165) is 21.4 Å². The molecule has 4 nitrogen and oxygen atoms in total. The van der Waals surface area contributed by atoms with Gasteiger partial charge >= 0.3 is 0 Å². The number of ether oxygens (including phenoxy) is 1. The lowest BCUT2D eigenvalue weighted by Gasteiger charge is -2.20. The third-order valence-corrected chi connectivity index (χ3v) is 5.95. The van der Waals surface area contributed by atoms with Gasteiger partial charge in [0.1, 0.15) is 12.4 Å². The summed E-state index contributed by atoms with van der Waals surface area (Å²) >= 11 is 1.60. The van der Waals surface area contributed by atoms with E-state index in [4.69, 9.17) is 4.74 Å². The maximum absolute atomic E-state index is 13.3. The quantitative estimate of drug-likeness (QED) is 0.433. The zero-order valence-electron chi connectivity index (χ0n) is 17.2. The maximum Gasteiger partial charge on any atom is 0.258 e. The molecule has 30 heavy (non-hydrogen) atoms. The number of pyridine rings is 1. The summed E-state index contributed by atoms with van der Waals surface area (Å²) in [4.78, 5) is 14.3. The Bertz CT molecular complexity index is 1190. The number of aliphatic hydroxyl groups is 1. The van der Waals surface area contributed by atoms with E-state index >= 15 is 0 Å². The Morgan fingerprint density at radius 3 is 2.50 bits per heavy atom. The monoisotopic (exact) mass is 419 g/mol. The fraction of sp³-hybridized carbons (Fsp3) is 0.240. The molecule has 0 aliphatic heterocycles. The van der Waals surface area contributed by atoms with Gasteiger partial charge in [-0.15, -0.1) is 11.3 Å². The predicted molar refractivity (Wildman–Crippen MR) is 123 cm³/mol. The molecule has 0 saturated heterocycles. The molecule has 2 aromatic heterocycles. The normalized spacial score (nSPS) is 11.3. The summed E-state index contributed by atoms with van der Waals surface area (Å²) in [5, 5.41) is 13.7. The van der Waals surface area contributed by atoms with Crippen molar-refractivity contribution in [2.75, 3.05) is 0 Å². The van der Waals surface area contributed by atoms with Gasteiger partial charge in [0, 0.05) is 27.8 Å². The van der Waals surface area contributed by atoms with Crippen LogP contribution in [0.5, 0.6) is 5.75 Å². The summed E-state index contributed by atoms with van der Waals surface area (Å²) in [6.07, 6.45) is 0. The predicted octanol–water partition coefficient (Wildman–Crippen LogP) is 5.46. The first-order chi connectivity index (χ1) is 14.6. The Hall–Kier alpha value is -2.89.